The van der Waals surface area contributed by atoms with Crippen molar-refractivity contribution in [2.45, 2.75) is 51.4 Å². The Labute approximate surface area is 122 Å². The molecule has 2 rings (SSSR count). The minimum Gasteiger partial charge on any atom is -0.373 e. The van der Waals surface area contributed by atoms with Crippen molar-refractivity contribution in [1.82, 2.24) is 15.2 Å². The molecule has 1 aromatic rings. The third kappa shape index (κ3) is 4.85. The van der Waals surface area contributed by atoms with E-state index in [9.17, 15) is 0 Å². The second-order valence-electron chi connectivity index (χ2n) is 6.48. The first-order valence-electron chi connectivity index (χ1n) is 7.41. The predicted molar refractivity (Wildman–Crippen MR) is 81.5 cm³/mol. The Morgan fingerprint density at radius 3 is 2.65 bits per heavy atom. The van der Waals surface area contributed by atoms with Gasteiger partial charge in [-0.05, 0) is 52.9 Å². The number of pyridine rings is 1. The molecule has 1 aliphatic carbocycles. The number of hydrogen-bond donors (Lipinski definition) is 1. The fourth-order valence-corrected chi connectivity index (χ4v) is 1.78. The molecule has 0 radical (unpaired) electrons. The zero-order valence-electron chi connectivity index (χ0n) is 13.1. The molecule has 0 saturated heterocycles. The van der Waals surface area contributed by atoms with Gasteiger partial charge in [0.05, 0.1) is 24.6 Å². The molecule has 20 heavy (non-hydrogen) atoms. The van der Waals surface area contributed by atoms with Crippen LogP contribution in [0.3, 0.4) is 0 Å². The maximum Gasteiger partial charge on any atom is 0.0888 e. The molecule has 0 amide bonds. The molecule has 1 saturated carbocycles. The van der Waals surface area contributed by atoms with Crippen LogP contribution in [0.4, 0.5) is 0 Å². The molecule has 112 valence electrons. The lowest BCUT2D eigenvalue weighted by atomic mass is 10.1. The fraction of sp³-hybridized carbons (Fsp3) is 0.688. The van der Waals surface area contributed by atoms with Gasteiger partial charge in [-0.1, -0.05) is 6.07 Å². The summed E-state index contributed by atoms with van der Waals surface area (Å²) in [5.41, 5.74) is 2.16. The first-order valence-corrected chi connectivity index (χ1v) is 7.41. The summed E-state index contributed by atoms with van der Waals surface area (Å²) >= 11 is 0. The van der Waals surface area contributed by atoms with Crippen LogP contribution in [-0.4, -0.2) is 42.2 Å². The summed E-state index contributed by atoms with van der Waals surface area (Å²) < 4.78 is 5.81. The molecule has 1 fully saturated rings. The molecule has 0 atom stereocenters. The Kier molecular flexibility index (Phi) is 5.13. The number of nitrogens with zero attached hydrogens (tertiary/aromatic N) is 2. The SMILES string of the molecule is CN(C)C(C)(C)COCc1cccc(CNC2CC2)n1. The van der Waals surface area contributed by atoms with Gasteiger partial charge in [0.25, 0.3) is 0 Å². The third-order valence-electron chi connectivity index (χ3n) is 3.93. The number of ether oxygens (including phenoxy) is 1. The van der Waals surface area contributed by atoms with E-state index >= 15 is 0 Å². The van der Waals surface area contributed by atoms with Crippen LogP contribution in [0, 0.1) is 0 Å². The van der Waals surface area contributed by atoms with Gasteiger partial charge in [-0.2, -0.15) is 0 Å². The molecule has 0 unspecified atom stereocenters. The molecular weight excluding hydrogens is 250 g/mol. The van der Waals surface area contributed by atoms with Gasteiger partial charge in [0.15, 0.2) is 0 Å². The molecule has 4 heteroatoms. The van der Waals surface area contributed by atoms with Gasteiger partial charge in [0.2, 0.25) is 0 Å². The molecule has 1 aromatic heterocycles. The van der Waals surface area contributed by atoms with Crippen molar-refractivity contribution >= 4 is 0 Å². The highest BCUT2D eigenvalue weighted by Crippen LogP contribution is 2.19. The second kappa shape index (κ2) is 6.66. The van der Waals surface area contributed by atoms with Gasteiger partial charge >= 0.3 is 0 Å². The second-order valence-corrected chi connectivity index (χ2v) is 6.48. The average Bonchev–Trinajstić information content (AvgIpc) is 3.20. The van der Waals surface area contributed by atoms with Crippen LogP contribution in [0.1, 0.15) is 38.1 Å². The Balaban J connectivity index is 1.78. The van der Waals surface area contributed by atoms with Gasteiger partial charge < -0.3 is 15.0 Å². The molecule has 0 spiro atoms. The average molecular weight is 277 g/mol. The molecule has 1 aliphatic rings. The monoisotopic (exact) mass is 277 g/mol. The molecule has 0 aromatic carbocycles. The van der Waals surface area contributed by atoms with Crippen LogP contribution in [0.15, 0.2) is 18.2 Å². The van der Waals surface area contributed by atoms with Crippen molar-refractivity contribution in [3.8, 4) is 0 Å². The lowest BCUT2D eigenvalue weighted by Crippen LogP contribution is -2.42. The number of rotatable bonds is 8. The Morgan fingerprint density at radius 2 is 2.00 bits per heavy atom. The highest BCUT2D eigenvalue weighted by atomic mass is 16.5. The van der Waals surface area contributed by atoms with Gasteiger partial charge in [0.1, 0.15) is 0 Å². The van der Waals surface area contributed by atoms with E-state index in [1.807, 2.05) is 6.07 Å². The van der Waals surface area contributed by atoms with Gasteiger partial charge in [-0.3, -0.25) is 4.98 Å². The smallest absolute Gasteiger partial charge is 0.0888 e. The van der Waals surface area contributed by atoms with Crippen LogP contribution in [0.2, 0.25) is 0 Å². The standard InChI is InChI=1S/C16H27N3O/c1-16(2,19(3)4)12-20-11-15-7-5-6-14(18-15)10-17-13-8-9-13/h5-7,13,17H,8-12H2,1-4H3. The lowest BCUT2D eigenvalue weighted by molar-refractivity contribution is 0.0261. The van der Waals surface area contributed by atoms with Crippen molar-refractivity contribution in [2.75, 3.05) is 20.7 Å². The van der Waals surface area contributed by atoms with Gasteiger partial charge in [-0.25, -0.2) is 0 Å². The summed E-state index contributed by atoms with van der Waals surface area (Å²) in [6.07, 6.45) is 2.62. The molecule has 1 heterocycles. The number of aromatic nitrogens is 1. The summed E-state index contributed by atoms with van der Waals surface area (Å²) in [4.78, 5) is 6.81. The quantitative estimate of drug-likeness (QED) is 0.790. The molecule has 1 N–H and O–H groups in total. The van der Waals surface area contributed by atoms with Crippen molar-refractivity contribution in [3.05, 3.63) is 29.6 Å². The first kappa shape index (κ1) is 15.4. The summed E-state index contributed by atoms with van der Waals surface area (Å²) in [6, 6.07) is 6.89. The number of likely N-dealkylation sites (N-methyl/N-ethyl adjacent to an activating group) is 1. The minimum atomic E-state index is 0.0468. The Hall–Kier alpha value is -0.970. The number of hydrogen-bond acceptors (Lipinski definition) is 4. The highest BCUT2D eigenvalue weighted by molar-refractivity contribution is 5.11. The Bertz CT molecular complexity index is 427. The van der Waals surface area contributed by atoms with E-state index in [1.54, 1.807) is 0 Å². The minimum absolute atomic E-state index is 0.0468. The molecular formula is C16H27N3O. The zero-order chi connectivity index (χ0) is 14.6. The zero-order valence-corrected chi connectivity index (χ0v) is 13.1. The summed E-state index contributed by atoms with van der Waals surface area (Å²) in [5.74, 6) is 0. The molecule has 0 aliphatic heterocycles. The van der Waals surface area contributed by atoms with E-state index in [0.717, 1.165) is 24.0 Å². The fourth-order valence-electron chi connectivity index (χ4n) is 1.78. The third-order valence-corrected chi connectivity index (χ3v) is 3.93. The first-order chi connectivity index (χ1) is 9.47. The summed E-state index contributed by atoms with van der Waals surface area (Å²) in [6.45, 7) is 6.50. The van der Waals surface area contributed by atoms with Crippen LogP contribution in [0.5, 0.6) is 0 Å². The van der Waals surface area contributed by atoms with Crippen molar-refractivity contribution < 1.29 is 4.74 Å². The summed E-state index contributed by atoms with van der Waals surface area (Å²) in [7, 11) is 4.15. The van der Waals surface area contributed by atoms with Gasteiger partial charge in [-0.15, -0.1) is 0 Å². The van der Waals surface area contributed by atoms with E-state index < -0.39 is 0 Å². The van der Waals surface area contributed by atoms with E-state index in [4.69, 9.17) is 4.74 Å². The van der Waals surface area contributed by atoms with E-state index in [0.29, 0.717) is 13.2 Å². The predicted octanol–water partition coefficient (Wildman–Crippen LogP) is 2.19. The van der Waals surface area contributed by atoms with Crippen molar-refractivity contribution in [2.24, 2.45) is 0 Å². The normalized spacial score (nSPS) is 15.8. The maximum absolute atomic E-state index is 5.81. The molecule has 0 bridgehead atoms. The van der Waals surface area contributed by atoms with Crippen LogP contribution in [0.25, 0.3) is 0 Å². The molecule has 4 nitrogen and oxygen atoms in total. The van der Waals surface area contributed by atoms with E-state index in [1.165, 1.54) is 12.8 Å². The maximum atomic E-state index is 5.81. The topological polar surface area (TPSA) is 37.4 Å². The van der Waals surface area contributed by atoms with Crippen molar-refractivity contribution in [3.63, 3.8) is 0 Å². The largest absolute Gasteiger partial charge is 0.373 e. The van der Waals surface area contributed by atoms with Crippen LogP contribution in [-0.2, 0) is 17.9 Å². The van der Waals surface area contributed by atoms with E-state index in [2.05, 4.69) is 55.3 Å². The highest BCUT2D eigenvalue weighted by Gasteiger charge is 2.21. The summed E-state index contributed by atoms with van der Waals surface area (Å²) in [5, 5.41) is 3.49. The lowest BCUT2D eigenvalue weighted by Gasteiger charge is -2.32. The van der Waals surface area contributed by atoms with Crippen molar-refractivity contribution in [1.29, 1.82) is 0 Å². The Morgan fingerprint density at radius 1 is 1.30 bits per heavy atom. The van der Waals surface area contributed by atoms with Crippen LogP contribution >= 0.6 is 0 Å². The van der Waals surface area contributed by atoms with Gasteiger partial charge in [0, 0.05) is 18.1 Å². The van der Waals surface area contributed by atoms with E-state index in [-0.39, 0.29) is 5.54 Å². The number of nitrogens with one attached hydrogen (secondary N) is 1. The van der Waals surface area contributed by atoms with Crippen LogP contribution < -0.4 is 5.32 Å².